The van der Waals surface area contributed by atoms with Gasteiger partial charge in [-0.15, -0.1) is 0 Å². The van der Waals surface area contributed by atoms with Gasteiger partial charge >= 0.3 is 0 Å². The van der Waals surface area contributed by atoms with Crippen LogP contribution in [0.2, 0.25) is 0 Å². The van der Waals surface area contributed by atoms with E-state index >= 15 is 0 Å². The van der Waals surface area contributed by atoms with Crippen molar-refractivity contribution < 1.29 is 13.2 Å². The minimum atomic E-state index is -3.22. The second-order valence-electron chi connectivity index (χ2n) is 6.98. The van der Waals surface area contributed by atoms with Crippen molar-refractivity contribution in [3.8, 4) is 0 Å². The van der Waals surface area contributed by atoms with Crippen molar-refractivity contribution in [3.05, 3.63) is 48.0 Å². The Labute approximate surface area is 168 Å². The molecule has 1 fully saturated rings. The van der Waals surface area contributed by atoms with Crippen molar-refractivity contribution >= 4 is 48.0 Å². The lowest BCUT2D eigenvalue weighted by atomic mass is 10.1. The van der Waals surface area contributed by atoms with Crippen LogP contribution in [0.3, 0.4) is 0 Å². The highest BCUT2D eigenvalue weighted by molar-refractivity contribution is 7.90. The minimum Gasteiger partial charge on any atom is -0.368 e. The van der Waals surface area contributed by atoms with Crippen molar-refractivity contribution in [2.45, 2.75) is 11.8 Å². The number of carbonyl (C=O) groups excluding carboxylic acids is 1. The molecule has 0 unspecified atom stereocenters. The first kappa shape index (κ1) is 18.9. The third-order valence-electron chi connectivity index (χ3n) is 4.97. The second-order valence-corrected chi connectivity index (χ2v) is 10.0. The van der Waals surface area contributed by atoms with Gasteiger partial charge in [0, 0.05) is 43.7 Å². The molecule has 0 spiro atoms. The van der Waals surface area contributed by atoms with Crippen LogP contribution in [0.5, 0.6) is 0 Å². The van der Waals surface area contributed by atoms with Crippen LogP contribution >= 0.6 is 11.3 Å². The number of Topliss-reactive ketones (excluding diaryl/α,β-unsaturated/α-hetero) is 1. The molecule has 4 rings (SSSR count). The summed E-state index contributed by atoms with van der Waals surface area (Å²) in [5.41, 5.74) is 2.67. The Morgan fingerprint density at radius 2 is 1.64 bits per heavy atom. The van der Waals surface area contributed by atoms with E-state index in [1.807, 2.05) is 24.3 Å². The predicted molar refractivity (Wildman–Crippen MR) is 114 cm³/mol. The summed E-state index contributed by atoms with van der Waals surface area (Å²) >= 11 is 1.53. The number of piperazine rings is 1. The topological polar surface area (TPSA) is 70.6 Å². The number of aromatic nitrogens is 1. The maximum Gasteiger partial charge on any atom is 0.186 e. The van der Waals surface area contributed by atoms with Crippen LogP contribution in [0.15, 0.2) is 47.4 Å². The van der Waals surface area contributed by atoms with Gasteiger partial charge in [0.2, 0.25) is 0 Å². The van der Waals surface area contributed by atoms with Crippen LogP contribution < -0.4 is 9.80 Å². The van der Waals surface area contributed by atoms with E-state index in [-0.39, 0.29) is 5.78 Å². The van der Waals surface area contributed by atoms with E-state index in [4.69, 9.17) is 0 Å². The predicted octanol–water partition coefficient (Wildman–Crippen LogP) is 3.23. The lowest BCUT2D eigenvalue weighted by Gasteiger charge is -2.36. The van der Waals surface area contributed by atoms with E-state index < -0.39 is 9.84 Å². The molecule has 3 aromatic rings. The first-order valence-corrected chi connectivity index (χ1v) is 11.7. The van der Waals surface area contributed by atoms with E-state index in [0.717, 1.165) is 52.8 Å². The number of benzene rings is 2. The zero-order valence-electron chi connectivity index (χ0n) is 15.8. The Balaban J connectivity index is 1.48. The summed E-state index contributed by atoms with van der Waals surface area (Å²) in [6.07, 6.45) is 1.22. The fourth-order valence-corrected chi connectivity index (χ4v) is 5.10. The fraction of sp³-hybridized carbons (Fsp3) is 0.300. The molecule has 146 valence electrons. The minimum absolute atomic E-state index is 0.0752. The molecule has 0 radical (unpaired) electrons. The number of thiazole rings is 1. The smallest absolute Gasteiger partial charge is 0.186 e. The summed E-state index contributed by atoms with van der Waals surface area (Å²) in [5.74, 6) is 0.0752. The van der Waals surface area contributed by atoms with Gasteiger partial charge in [0.15, 0.2) is 20.8 Å². The first-order chi connectivity index (χ1) is 13.3. The fourth-order valence-electron chi connectivity index (χ4n) is 3.32. The number of carbonyl (C=O) groups is 1. The molecule has 0 amide bonds. The normalized spacial score (nSPS) is 15.2. The van der Waals surface area contributed by atoms with Gasteiger partial charge in [-0.2, -0.15) is 0 Å². The van der Waals surface area contributed by atoms with E-state index in [1.165, 1.54) is 17.6 Å². The monoisotopic (exact) mass is 415 g/mol. The van der Waals surface area contributed by atoms with Crippen molar-refractivity contribution in [3.63, 3.8) is 0 Å². The van der Waals surface area contributed by atoms with Gasteiger partial charge in [0.25, 0.3) is 0 Å². The van der Waals surface area contributed by atoms with Gasteiger partial charge in [0.1, 0.15) is 0 Å². The number of hydrogen-bond acceptors (Lipinski definition) is 7. The Morgan fingerprint density at radius 3 is 2.25 bits per heavy atom. The van der Waals surface area contributed by atoms with E-state index in [1.54, 1.807) is 25.1 Å². The SMILES string of the molecule is CC(=O)c1ccc(N2CCN(c3nc4ccc(S(C)(=O)=O)cc4s3)CC2)cc1. The summed E-state index contributed by atoms with van der Waals surface area (Å²) in [4.78, 5) is 21.0. The summed E-state index contributed by atoms with van der Waals surface area (Å²) < 4.78 is 24.4. The van der Waals surface area contributed by atoms with Crippen LogP contribution in [0.4, 0.5) is 10.8 Å². The quantitative estimate of drug-likeness (QED) is 0.610. The summed E-state index contributed by atoms with van der Waals surface area (Å²) in [6, 6.07) is 12.8. The highest BCUT2D eigenvalue weighted by Crippen LogP contribution is 2.31. The Morgan fingerprint density at radius 1 is 1.00 bits per heavy atom. The van der Waals surface area contributed by atoms with E-state index in [9.17, 15) is 13.2 Å². The largest absolute Gasteiger partial charge is 0.368 e. The molecule has 2 heterocycles. The molecule has 1 saturated heterocycles. The number of nitrogens with zero attached hydrogens (tertiary/aromatic N) is 3. The lowest BCUT2D eigenvalue weighted by molar-refractivity contribution is 0.101. The van der Waals surface area contributed by atoms with Crippen LogP contribution in [0.1, 0.15) is 17.3 Å². The molecule has 6 nitrogen and oxygen atoms in total. The number of ketones is 1. The molecular formula is C20H21N3O3S2. The molecule has 1 aliphatic rings. The number of sulfone groups is 1. The lowest BCUT2D eigenvalue weighted by Crippen LogP contribution is -2.46. The summed E-state index contributed by atoms with van der Waals surface area (Å²) in [5, 5.41) is 0.923. The molecule has 2 aromatic carbocycles. The molecule has 28 heavy (non-hydrogen) atoms. The molecule has 0 saturated carbocycles. The third-order valence-corrected chi connectivity index (χ3v) is 7.16. The number of fused-ring (bicyclic) bond motifs is 1. The summed E-state index contributed by atoms with van der Waals surface area (Å²) in [6.45, 7) is 4.99. The molecule has 0 N–H and O–H groups in total. The van der Waals surface area contributed by atoms with E-state index in [0.29, 0.717) is 4.90 Å². The third kappa shape index (κ3) is 3.74. The van der Waals surface area contributed by atoms with Crippen LogP contribution in [0, 0.1) is 0 Å². The Hall–Kier alpha value is -2.45. The molecular weight excluding hydrogens is 394 g/mol. The number of hydrogen-bond donors (Lipinski definition) is 0. The average molecular weight is 416 g/mol. The zero-order chi connectivity index (χ0) is 19.9. The molecule has 0 bridgehead atoms. The number of anilines is 2. The van der Waals surface area contributed by atoms with Crippen molar-refractivity contribution in [1.29, 1.82) is 0 Å². The molecule has 8 heteroatoms. The van der Waals surface area contributed by atoms with Gasteiger partial charge in [-0.3, -0.25) is 4.79 Å². The highest BCUT2D eigenvalue weighted by Gasteiger charge is 2.21. The van der Waals surface area contributed by atoms with Crippen LogP contribution in [0.25, 0.3) is 10.2 Å². The Bertz CT molecular complexity index is 1130. The second kappa shape index (κ2) is 7.18. The molecule has 0 atom stereocenters. The van der Waals surface area contributed by atoms with Gasteiger partial charge in [-0.1, -0.05) is 11.3 Å². The van der Waals surface area contributed by atoms with Crippen molar-refractivity contribution in [2.24, 2.45) is 0 Å². The van der Waals surface area contributed by atoms with Crippen LogP contribution in [-0.4, -0.2) is 51.6 Å². The molecule has 0 aliphatic carbocycles. The number of rotatable bonds is 4. The molecule has 1 aliphatic heterocycles. The highest BCUT2D eigenvalue weighted by atomic mass is 32.2. The standard InChI is InChI=1S/C20H21N3O3S2/c1-14(24)15-3-5-16(6-4-15)22-9-11-23(12-10-22)20-21-18-8-7-17(28(2,25)26)13-19(18)27-20/h3-8,13H,9-12H2,1-2H3. The van der Waals surface area contributed by atoms with Crippen LogP contribution in [-0.2, 0) is 9.84 Å². The Kier molecular flexibility index (Phi) is 4.84. The van der Waals surface area contributed by atoms with Crippen molar-refractivity contribution in [2.75, 3.05) is 42.2 Å². The summed E-state index contributed by atoms with van der Waals surface area (Å²) in [7, 11) is -3.22. The van der Waals surface area contributed by atoms with Gasteiger partial charge in [-0.25, -0.2) is 13.4 Å². The molecule has 1 aromatic heterocycles. The van der Waals surface area contributed by atoms with E-state index in [2.05, 4.69) is 14.8 Å². The van der Waals surface area contributed by atoms with Gasteiger partial charge in [0.05, 0.1) is 15.1 Å². The maximum absolute atomic E-state index is 11.8. The van der Waals surface area contributed by atoms with Gasteiger partial charge < -0.3 is 9.80 Å². The van der Waals surface area contributed by atoms with Gasteiger partial charge in [-0.05, 0) is 49.4 Å². The van der Waals surface area contributed by atoms with Crippen molar-refractivity contribution in [1.82, 2.24) is 4.98 Å². The first-order valence-electron chi connectivity index (χ1n) is 9.03. The maximum atomic E-state index is 11.8. The average Bonchev–Trinajstić information content (AvgIpc) is 3.11. The zero-order valence-corrected chi connectivity index (χ0v) is 17.4.